The summed E-state index contributed by atoms with van der Waals surface area (Å²) in [5, 5.41) is 10.0. The van der Waals surface area contributed by atoms with E-state index in [1.54, 1.807) is 0 Å². The highest BCUT2D eigenvalue weighted by Gasteiger charge is 2.38. The van der Waals surface area contributed by atoms with Crippen LogP contribution in [0.1, 0.15) is 51.0 Å². The Balaban J connectivity index is 2.32. The molecule has 1 aromatic rings. The first-order valence-corrected chi connectivity index (χ1v) is 7.92. The van der Waals surface area contributed by atoms with Gasteiger partial charge in [0, 0.05) is 10.9 Å². The minimum absolute atomic E-state index is 0.153. The van der Waals surface area contributed by atoms with Crippen LogP contribution in [0.4, 0.5) is 0 Å². The zero-order valence-electron chi connectivity index (χ0n) is 12.7. The van der Waals surface area contributed by atoms with Crippen molar-refractivity contribution in [2.24, 2.45) is 17.1 Å². The standard InChI is InChI=1S/C17H24ClNO2/c1-17(2)9-3-4-12(10-17)14(15(19)16(20)21)11-5-7-13(18)8-6-11/h5-8,12,14-15H,3-4,9-10,19H2,1-2H3,(H,20,21). The van der Waals surface area contributed by atoms with E-state index in [4.69, 9.17) is 17.3 Å². The molecule has 0 heterocycles. The minimum atomic E-state index is -0.932. The van der Waals surface area contributed by atoms with Gasteiger partial charge in [0.15, 0.2) is 0 Å². The number of carbonyl (C=O) groups is 1. The van der Waals surface area contributed by atoms with Gasteiger partial charge in [-0.3, -0.25) is 4.79 Å². The molecule has 1 aromatic carbocycles. The van der Waals surface area contributed by atoms with Gasteiger partial charge in [0.25, 0.3) is 0 Å². The summed E-state index contributed by atoms with van der Waals surface area (Å²) in [7, 11) is 0. The molecule has 0 aromatic heterocycles. The molecule has 1 aliphatic carbocycles. The van der Waals surface area contributed by atoms with Gasteiger partial charge in [-0.15, -0.1) is 0 Å². The summed E-state index contributed by atoms with van der Waals surface area (Å²) in [6.07, 6.45) is 4.38. The lowest BCUT2D eigenvalue weighted by Crippen LogP contribution is -2.42. The Morgan fingerprint density at radius 2 is 2.00 bits per heavy atom. The largest absolute Gasteiger partial charge is 0.480 e. The van der Waals surface area contributed by atoms with Crippen molar-refractivity contribution in [3.05, 3.63) is 34.9 Å². The number of carboxylic acid groups (broad SMARTS) is 1. The third-order valence-corrected chi connectivity index (χ3v) is 4.93. The molecule has 4 heteroatoms. The Kier molecular flexibility index (Phi) is 4.95. The fourth-order valence-electron chi connectivity index (χ4n) is 3.67. The highest BCUT2D eigenvalue weighted by Crippen LogP contribution is 2.45. The average molecular weight is 310 g/mol. The van der Waals surface area contributed by atoms with Crippen LogP contribution in [0.15, 0.2) is 24.3 Å². The Hall–Kier alpha value is -1.06. The van der Waals surface area contributed by atoms with E-state index in [1.165, 1.54) is 6.42 Å². The molecule has 3 N–H and O–H groups in total. The maximum atomic E-state index is 11.4. The highest BCUT2D eigenvalue weighted by atomic mass is 35.5. The van der Waals surface area contributed by atoms with Crippen molar-refractivity contribution in [2.45, 2.75) is 51.5 Å². The van der Waals surface area contributed by atoms with E-state index in [-0.39, 0.29) is 11.3 Å². The summed E-state index contributed by atoms with van der Waals surface area (Å²) in [5.41, 5.74) is 7.26. The average Bonchev–Trinajstić information content (AvgIpc) is 2.40. The van der Waals surface area contributed by atoms with E-state index >= 15 is 0 Å². The van der Waals surface area contributed by atoms with Crippen molar-refractivity contribution < 1.29 is 9.90 Å². The summed E-state index contributed by atoms with van der Waals surface area (Å²) in [6, 6.07) is 6.58. The van der Waals surface area contributed by atoms with Gasteiger partial charge in [0.05, 0.1) is 0 Å². The molecule has 116 valence electrons. The first-order chi connectivity index (χ1) is 9.80. The zero-order chi connectivity index (χ0) is 15.6. The fourth-order valence-corrected chi connectivity index (χ4v) is 3.80. The van der Waals surface area contributed by atoms with Crippen LogP contribution in [0, 0.1) is 11.3 Å². The van der Waals surface area contributed by atoms with Gasteiger partial charge in [0.2, 0.25) is 0 Å². The molecule has 0 spiro atoms. The quantitative estimate of drug-likeness (QED) is 0.882. The first kappa shape index (κ1) is 16.3. The van der Waals surface area contributed by atoms with Gasteiger partial charge in [-0.2, -0.15) is 0 Å². The molecule has 3 atom stereocenters. The summed E-state index contributed by atoms with van der Waals surface area (Å²) in [4.78, 5) is 11.4. The number of hydrogen-bond donors (Lipinski definition) is 2. The van der Waals surface area contributed by atoms with Gasteiger partial charge in [-0.1, -0.05) is 44.0 Å². The normalized spacial score (nSPS) is 24.3. The number of halogens is 1. The Bertz CT molecular complexity index is 498. The predicted octanol–water partition coefficient (Wildman–Crippen LogP) is 4.05. The Morgan fingerprint density at radius 1 is 1.38 bits per heavy atom. The third kappa shape index (κ3) is 3.98. The van der Waals surface area contributed by atoms with Crippen LogP contribution in [0.5, 0.6) is 0 Å². The van der Waals surface area contributed by atoms with Crippen molar-refractivity contribution in [2.75, 3.05) is 0 Å². The van der Waals surface area contributed by atoms with E-state index < -0.39 is 12.0 Å². The molecule has 3 nitrogen and oxygen atoms in total. The van der Waals surface area contributed by atoms with E-state index in [9.17, 15) is 9.90 Å². The second-order valence-electron chi connectivity index (χ2n) is 6.96. The van der Waals surface area contributed by atoms with Crippen LogP contribution in [0.3, 0.4) is 0 Å². The Morgan fingerprint density at radius 3 is 2.52 bits per heavy atom. The Labute approximate surface area is 131 Å². The number of aliphatic carboxylic acids is 1. The van der Waals surface area contributed by atoms with Crippen molar-refractivity contribution in [3.8, 4) is 0 Å². The molecule has 1 saturated carbocycles. The molecule has 0 amide bonds. The predicted molar refractivity (Wildman–Crippen MR) is 85.5 cm³/mol. The molecule has 1 aliphatic rings. The summed E-state index contributed by atoms with van der Waals surface area (Å²) in [6.45, 7) is 4.51. The van der Waals surface area contributed by atoms with Gasteiger partial charge >= 0.3 is 5.97 Å². The van der Waals surface area contributed by atoms with Crippen LogP contribution < -0.4 is 5.73 Å². The second-order valence-corrected chi connectivity index (χ2v) is 7.40. The molecular weight excluding hydrogens is 286 g/mol. The number of rotatable bonds is 4. The molecule has 0 radical (unpaired) electrons. The zero-order valence-corrected chi connectivity index (χ0v) is 13.4. The lowest BCUT2D eigenvalue weighted by Gasteiger charge is -2.40. The SMILES string of the molecule is CC1(C)CCCC(C(c2ccc(Cl)cc2)C(N)C(=O)O)C1. The smallest absolute Gasteiger partial charge is 0.321 e. The van der Waals surface area contributed by atoms with Crippen molar-refractivity contribution in [1.29, 1.82) is 0 Å². The molecule has 0 saturated heterocycles. The monoisotopic (exact) mass is 309 g/mol. The fraction of sp³-hybridized carbons (Fsp3) is 0.588. The molecule has 0 bridgehead atoms. The summed E-state index contributed by atoms with van der Waals surface area (Å²) < 4.78 is 0. The number of benzene rings is 1. The van der Waals surface area contributed by atoms with E-state index in [0.29, 0.717) is 10.9 Å². The molecule has 0 aliphatic heterocycles. The molecule has 1 fully saturated rings. The minimum Gasteiger partial charge on any atom is -0.480 e. The number of carboxylic acids is 1. The maximum absolute atomic E-state index is 11.4. The van der Waals surface area contributed by atoms with Gasteiger partial charge in [0.1, 0.15) is 6.04 Å². The highest BCUT2D eigenvalue weighted by molar-refractivity contribution is 6.30. The van der Waals surface area contributed by atoms with Gasteiger partial charge in [-0.05, 0) is 48.3 Å². The van der Waals surface area contributed by atoms with Gasteiger partial charge < -0.3 is 10.8 Å². The van der Waals surface area contributed by atoms with Crippen LogP contribution in [0.2, 0.25) is 5.02 Å². The maximum Gasteiger partial charge on any atom is 0.321 e. The first-order valence-electron chi connectivity index (χ1n) is 7.54. The van der Waals surface area contributed by atoms with Crippen molar-refractivity contribution in [1.82, 2.24) is 0 Å². The van der Waals surface area contributed by atoms with Crippen LogP contribution in [0.25, 0.3) is 0 Å². The van der Waals surface area contributed by atoms with E-state index in [2.05, 4.69) is 13.8 Å². The van der Waals surface area contributed by atoms with Gasteiger partial charge in [-0.25, -0.2) is 0 Å². The number of hydrogen-bond acceptors (Lipinski definition) is 2. The molecule has 21 heavy (non-hydrogen) atoms. The number of nitrogens with two attached hydrogens (primary N) is 1. The topological polar surface area (TPSA) is 63.3 Å². The van der Waals surface area contributed by atoms with E-state index in [1.807, 2.05) is 24.3 Å². The summed E-state index contributed by atoms with van der Waals surface area (Å²) >= 11 is 5.94. The lowest BCUT2D eigenvalue weighted by molar-refractivity contribution is -0.139. The third-order valence-electron chi connectivity index (χ3n) is 4.68. The lowest BCUT2D eigenvalue weighted by atomic mass is 9.65. The van der Waals surface area contributed by atoms with Crippen molar-refractivity contribution >= 4 is 17.6 Å². The second kappa shape index (κ2) is 6.37. The summed E-state index contributed by atoms with van der Waals surface area (Å²) in [5.74, 6) is -0.779. The van der Waals surface area contributed by atoms with E-state index in [0.717, 1.165) is 24.8 Å². The molecule has 2 rings (SSSR count). The van der Waals surface area contributed by atoms with Crippen molar-refractivity contribution in [3.63, 3.8) is 0 Å². The molecular formula is C17H24ClNO2. The van der Waals surface area contributed by atoms with Crippen LogP contribution in [-0.4, -0.2) is 17.1 Å². The van der Waals surface area contributed by atoms with Crippen LogP contribution in [-0.2, 0) is 4.79 Å². The van der Waals surface area contributed by atoms with Crippen LogP contribution >= 0.6 is 11.6 Å². The molecule has 3 unspecified atom stereocenters.